The van der Waals surface area contributed by atoms with E-state index in [9.17, 15) is 19.6 Å². The van der Waals surface area contributed by atoms with Crippen LogP contribution in [0.15, 0.2) is 53.7 Å². The van der Waals surface area contributed by atoms with E-state index in [1.54, 1.807) is 56.3 Å². The van der Waals surface area contributed by atoms with Crippen LogP contribution in [-0.2, 0) is 14.4 Å². The highest BCUT2D eigenvalue weighted by molar-refractivity contribution is 6.61. The number of aryl methyl sites for hydroxylation is 2. The highest BCUT2D eigenvalue weighted by Crippen LogP contribution is 2.28. The second kappa shape index (κ2) is 6.79. The number of hydrogen-bond donors (Lipinski definition) is 2. The molecule has 1 aliphatic rings. The molecule has 3 amide bonds. The molecule has 1 atom stereocenters. The van der Waals surface area contributed by atoms with Gasteiger partial charge in [0.15, 0.2) is 11.6 Å². The van der Waals surface area contributed by atoms with E-state index < -0.39 is 29.4 Å². The van der Waals surface area contributed by atoms with Gasteiger partial charge >= 0.3 is 0 Å². The average Bonchev–Trinajstić information content (AvgIpc) is 2.87. The summed E-state index contributed by atoms with van der Waals surface area (Å²) in [5.41, 5.74) is 1.87. The maximum Gasteiger partial charge on any atom is 0.284 e. The number of para-hydroxylation sites is 2. The summed E-state index contributed by atoms with van der Waals surface area (Å²) in [7, 11) is 0. The Labute approximate surface area is 149 Å². The first-order valence-corrected chi connectivity index (χ1v) is 7.98. The van der Waals surface area contributed by atoms with Crippen molar-refractivity contribution in [3.8, 4) is 0 Å². The van der Waals surface area contributed by atoms with Gasteiger partial charge in [0, 0.05) is 5.69 Å². The lowest BCUT2D eigenvalue weighted by atomic mass is 10.0. The second-order valence-corrected chi connectivity index (χ2v) is 5.99. The van der Waals surface area contributed by atoms with E-state index in [0.717, 1.165) is 10.5 Å². The number of nitrogens with one attached hydrogen (secondary N) is 1. The van der Waals surface area contributed by atoms with Gasteiger partial charge in [0.05, 0.1) is 5.69 Å². The fourth-order valence-electron chi connectivity index (χ4n) is 2.88. The summed E-state index contributed by atoms with van der Waals surface area (Å²) >= 11 is 0. The fourth-order valence-corrected chi connectivity index (χ4v) is 2.88. The molecule has 7 nitrogen and oxygen atoms in total. The Morgan fingerprint density at radius 3 is 2.27 bits per heavy atom. The highest BCUT2D eigenvalue weighted by atomic mass is 16.4. The Bertz CT molecular complexity index is 936. The number of carbonyl (C=O) groups is 3. The van der Waals surface area contributed by atoms with Crippen LogP contribution in [0.3, 0.4) is 0 Å². The van der Waals surface area contributed by atoms with Crippen molar-refractivity contribution >= 4 is 34.8 Å². The maximum absolute atomic E-state index is 12.8. The SMILES string of the molecule is Cc1ccccc1NC(=O)[C@@H]1C(=O)N(c2ccccc2C)C(=O)/C1=N\O. The zero-order valence-electron chi connectivity index (χ0n) is 14.3. The molecule has 3 rings (SSSR count). The highest BCUT2D eigenvalue weighted by Gasteiger charge is 2.50. The van der Waals surface area contributed by atoms with Crippen LogP contribution < -0.4 is 10.2 Å². The molecule has 2 aromatic rings. The molecule has 1 fully saturated rings. The van der Waals surface area contributed by atoms with Crippen LogP contribution in [0, 0.1) is 19.8 Å². The maximum atomic E-state index is 12.8. The van der Waals surface area contributed by atoms with Crippen LogP contribution in [0.25, 0.3) is 0 Å². The van der Waals surface area contributed by atoms with Crippen LogP contribution in [-0.4, -0.2) is 28.6 Å². The van der Waals surface area contributed by atoms with E-state index in [1.807, 2.05) is 6.07 Å². The van der Waals surface area contributed by atoms with E-state index in [2.05, 4.69) is 10.5 Å². The second-order valence-electron chi connectivity index (χ2n) is 5.99. The molecule has 0 aliphatic carbocycles. The van der Waals surface area contributed by atoms with Gasteiger partial charge in [0.1, 0.15) is 0 Å². The molecular formula is C19H17N3O4. The Kier molecular flexibility index (Phi) is 4.53. The Hall–Kier alpha value is -3.48. The molecule has 0 bridgehead atoms. The molecule has 132 valence electrons. The fraction of sp³-hybridized carbons (Fsp3) is 0.158. The topological polar surface area (TPSA) is 99.1 Å². The first-order chi connectivity index (χ1) is 12.5. The van der Waals surface area contributed by atoms with Crippen molar-refractivity contribution in [2.45, 2.75) is 13.8 Å². The molecule has 7 heteroatoms. The first kappa shape index (κ1) is 17.3. The molecule has 0 saturated carbocycles. The standard InChI is InChI=1S/C19H17N3O4/c1-11-7-3-5-9-13(11)20-17(23)15-16(21-26)19(25)22(18(15)24)14-10-6-4-8-12(14)2/h3-10,15,26H,1-2H3,(H,20,23)/b21-16-/t15-/m1/s1. The quantitative estimate of drug-likeness (QED) is 0.383. The van der Waals surface area contributed by atoms with Crippen LogP contribution >= 0.6 is 0 Å². The first-order valence-electron chi connectivity index (χ1n) is 7.98. The lowest BCUT2D eigenvalue weighted by Crippen LogP contribution is -2.35. The number of benzene rings is 2. The number of amides is 3. The number of anilines is 2. The molecule has 0 spiro atoms. The predicted octanol–water partition coefficient (Wildman–Crippen LogP) is 2.26. The molecular weight excluding hydrogens is 334 g/mol. The lowest BCUT2D eigenvalue weighted by molar-refractivity contribution is -0.127. The van der Waals surface area contributed by atoms with Gasteiger partial charge in [0.2, 0.25) is 5.91 Å². The van der Waals surface area contributed by atoms with Crippen molar-refractivity contribution in [3.05, 3.63) is 59.7 Å². The largest absolute Gasteiger partial charge is 0.410 e. The van der Waals surface area contributed by atoms with Crippen molar-refractivity contribution in [2.24, 2.45) is 11.1 Å². The van der Waals surface area contributed by atoms with Crippen LogP contribution in [0.4, 0.5) is 11.4 Å². The number of imide groups is 1. The molecule has 2 aromatic carbocycles. The van der Waals surface area contributed by atoms with Crippen molar-refractivity contribution in [3.63, 3.8) is 0 Å². The monoisotopic (exact) mass is 351 g/mol. The van der Waals surface area contributed by atoms with Crippen molar-refractivity contribution in [1.29, 1.82) is 0 Å². The zero-order valence-corrected chi connectivity index (χ0v) is 14.3. The molecule has 1 heterocycles. The number of carbonyl (C=O) groups excluding carboxylic acids is 3. The van der Waals surface area contributed by atoms with Crippen LogP contribution in [0.1, 0.15) is 11.1 Å². The Morgan fingerprint density at radius 2 is 1.65 bits per heavy atom. The molecule has 0 aromatic heterocycles. The Morgan fingerprint density at radius 1 is 1.04 bits per heavy atom. The molecule has 2 N–H and O–H groups in total. The minimum Gasteiger partial charge on any atom is -0.410 e. The molecule has 26 heavy (non-hydrogen) atoms. The third-order valence-corrected chi connectivity index (χ3v) is 4.29. The molecule has 0 unspecified atom stereocenters. The van der Waals surface area contributed by atoms with E-state index in [1.165, 1.54) is 0 Å². The minimum atomic E-state index is -1.51. The lowest BCUT2D eigenvalue weighted by Gasteiger charge is -2.16. The summed E-state index contributed by atoms with van der Waals surface area (Å²) in [6, 6.07) is 13.8. The van der Waals surface area contributed by atoms with Gasteiger partial charge in [-0.1, -0.05) is 41.6 Å². The Balaban J connectivity index is 1.96. The minimum absolute atomic E-state index is 0.356. The normalized spacial score (nSPS) is 18.5. The summed E-state index contributed by atoms with van der Waals surface area (Å²) in [5, 5.41) is 14.8. The van der Waals surface area contributed by atoms with Gasteiger partial charge in [-0.3, -0.25) is 14.4 Å². The van der Waals surface area contributed by atoms with Crippen molar-refractivity contribution in [1.82, 2.24) is 0 Å². The van der Waals surface area contributed by atoms with Crippen molar-refractivity contribution < 1.29 is 19.6 Å². The van der Waals surface area contributed by atoms with E-state index in [4.69, 9.17) is 0 Å². The molecule has 1 saturated heterocycles. The van der Waals surface area contributed by atoms with Gasteiger partial charge in [-0.2, -0.15) is 0 Å². The summed E-state index contributed by atoms with van der Waals surface area (Å²) < 4.78 is 0. The van der Waals surface area contributed by atoms with E-state index in [0.29, 0.717) is 16.9 Å². The number of rotatable bonds is 3. The van der Waals surface area contributed by atoms with Gasteiger partial charge in [-0.25, -0.2) is 4.90 Å². The average molecular weight is 351 g/mol. The number of nitrogens with zero attached hydrogens (tertiary/aromatic N) is 2. The third kappa shape index (κ3) is 2.83. The molecule has 0 radical (unpaired) electrons. The predicted molar refractivity (Wildman–Crippen MR) is 96.2 cm³/mol. The summed E-state index contributed by atoms with van der Waals surface area (Å²) in [6.07, 6.45) is 0. The summed E-state index contributed by atoms with van der Waals surface area (Å²) in [5.74, 6) is -3.78. The van der Waals surface area contributed by atoms with Gasteiger partial charge in [-0.15, -0.1) is 0 Å². The van der Waals surface area contributed by atoms with Gasteiger partial charge in [0.25, 0.3) is 11.8 Å². The van der Waals surface area contributed by atoms with Crippen LogP contribution in [0.2, 0.25) is 0 Å². The van der Waals surface area contributed by atoms with E-state index >= 15 is 0 Å². The smallest absolute Gasteiger partial charge is 0.284 e. The van der Waals surface area contributed by atoms with E-state index in [-0.39, 0.29) is 0 Å². The summed E-state index contributed by atoms with van der Waals surface area (Å²) in [6.45, 7) is 3.55. The van der Waals surface area contributed by atoms with Crippen LogP contribution in [0.5, 0.6) is 0 Å². The van der Waals surface area contributed by atoms with Crippen molar-refractivity contribution in [2.75, 3.05) is 10.2 Å². The zero-order chi connectivity index (χ0) is 18.8. The number of hydrogen-bond acceptors (Lipinski definition) is 5. The molecule has 1 aliphatic heterocycles. The van der Waals surface area contributed by atoms with Gasteiger partial charge < -0.3 is 10.5 Å². The summed E-state index contributed by atoms with van der Waals surface area (Å²) in [4.78, 5) is 38.9. The third-order valence-electron chi connectivity index (χ3n) is 4.29. The van der Waals surface area contributed by atoms with Gasteiger partial charge in [-0.05, 0) is 37.1 Å². The number of oxime groups is 1.